The number of aromatic amines is 1. The largest absolute Gasteiger partial charge is 0.382 e. The summed E-state index contributed by atoms with van der Waals surface area (Å²) in [5.41, 5.74) is 5.79. The number of morpholine rings is 1. The molecule has 4 N–H and O–H groups in total. The zero-order valence-corrected chi connectivity index (χ0v) is 9.77. The first-order chi connectivity index (χ1) is 8.15. The number of rotatable bonds is 3. The first-order valence-electron chi connectivity index (χ1n) is 5.54. The first kappa shape index (κ1) is 11.9. The Kier molecular flexibility index (Phi) is 3.60. The second kappa shape index (κ2) is 5.15. The Balaban J connectivity index is 1.80. The van der Waals surface area contributed by atoms with Crippen LogP contribution >= 0.6 is 0 Å². The summed E-state index contributed by atoms with van der Waals surface area (Å²) in [7, 11) is 2.03. The predicted molar refractivity (Wildman–Crippen MR) is 62.6 cm³/mol. The average Bonchev–Trinajstić information content (AvgIpc) is 2.73. The van der Waals surface area contributed by atoms with Crippen LogP contribution in [0.4, 0.5) is 5.82 Å². The minimum Gasteiger partial charge on any atom is -0.382 e. The SMILES string of the molecule is CN1CCOC(CNC(=O)c2cc(N)n[nH]2)C1. The third-order valence-corrected chi connectivity index (χ3v) is 2.67. The van der Waals surface area contributed by atoms with E-state index >= 15 is 0 Å². The van der Waals surface area contributed by atoms with E-state index in [1.165, 1.54) is 6.07 Å². The van der Waals surface area contributed by atoms with Crippen LogP contribution in [0.2, 0.25) is 0 Å². The van der Waals surface area contributed by atoms with Gasteiger partial charge >= 0.3 is 0 Å². The summed E-state index contributed by atoms with van der Waals surface area (Å²) < 4.78 is 5.53. The number of aromatic nitrogens is 2. The summed E-state index contributed by atoms with van der Waals surface area (Å²) in [6.07, 6.45) is 0.0398. The molecular weight excluding hydrogens is 222 g/mol. The molecule has 0 saturated carbocycles. The monoisotopic (exact) mass is 239 g/mol. The van der Waals surface area contributed by atoms with Crippen molar-refractivity contribution in [1.29, 1.82) is 0 Å². The Hall–Kier alpha value is -1.60. The summed E-state index contributed by atoms with van der Waals surface area (Å²) in [6.45, 7) is 2.95. The van der Waals surface area contributed by atoms with Gasteiger partial charge in [-0.05, 0) is 7.05 Å². The van der Waals surface area contributed by atoms with Gasteiger partial charge in [-0.15, -0.1) is 0 Å². The topological polar surface area (TPSA) is 96.3 Å². The van der Waals surface area contributed by atoms with Crippen molar-refractivity contribution >= 4 is 11.7 Å². The number of nitrogens with one attached hydrogen (secondary N) is 2. The molecule has 2 heterocycles. The van der Waals surface area contributed by atoms with E-state index in [1.54, 1.807) is 0 Å². The highest BCUT2D eigenvalue weighted by molar-refractivity contribution is 5.92. The normalized spacial score (nSPS) is 21.4. The number of nitrogens with two attached hydrogens (primary N) is 1. The summed E-state index contributed by atoms with van der Waals surface area (Å²) >= 11 is 0. The van der Waals surface area contributed by atoms with Crippen molar-refractivity contribution in [1.82, 2.24) is 20.4 Å². The summed E-state index contributed by atoms with van der Waals surface area (Å²) in [5.74, 6) is 0.0924. The van der Waals surface area contributed by atoms with Crippen molar-refractivity contribution in [2.75, 3.05) is 39.0 Å². The van der Waals surface area contributed by atoms with Crippen LogP contribution < -0.4 is 11.1 Å². The zero-order chi connectivity index (χ0) is 12.3. The number of amides is 1. The summed E-state index contributed by atoms with van der Waals surface area (Å²) in [5, 5.41) is 9.05. The maximum atomic E-state index is 11.7. The molecular formula is C10H17N5O2. The van der Waals surface area contributed by atoms with E-state index in [0.29, 0.717) is 24.7 Å². The Labute approximate surface area is 99.3 Å². The lowest BCUT2D eigenvalue weighted by molar-refractivity contribution is -0.0175. The molecule has 1 unspecified atom stereocenters. The maximum absolute atomic E-state index is 11.7. The summed E-state index contributed by atoms with van der Waals surface area (Å²) in [6, 6.07) is 1.50. The second-order valence-electron chi connectivity index (χ2n) is 4.17. The van der Waals surface area contributed by atoms with Crippen molar-refractivity contribution in [2.24, 2.45) is 0 Å². The minimum atomic E-state index is -0.217. The van der Waals surface area contributed by atoms with Gasteiger partial charge in [0.25, 0.3) is 5.91 Å². The van der Waals surface area contributed by atoms with Crippen LogP contribution in [0.1, 0.15) is 10.5 Å². The predicted octanol–water partition coefficient (Wildman–Crippen LogP) is -0.948. The fourth-order valence-electron chi connectivity index (χ4n) is 1.75. The molecule has 2 rings (SSSR count). The highest BCUT2D eigenvalue weighted by Gasteiger charge is 2.18. The number of anilines is 1. The molecule has 7 heteroatoms. The number of hydrogen-bond donors (Lipinski definition) is 3. The fourth-order valence-corrected chi connectivity index (χ4v) is 1.75. The van der Waals surface area contributed by atoms with Crippen LogP contribution in [0.15, 0.2) is 6.07 Å². The lowest BCUT2D eigenvalue weighted by atomic mass is 10.2. The van der Waals surface area contributed by atoms with Gasteiger partial charge in [-0.25, -0.2) is 0 Å². The average molecular weight is 239 g/mol. The molecule has 0 aliphatic carbocycles. The van der Waals surface area contributed by atoms with Crippen LogP contribution in [-0.4, -0.2) is 60.4 Å². The van der Waals surface area contributed by atoms with Crippen molar-refractivity contribution in [2.45, 2.75) is 6.10 Å². The molecule has 1 atom stereocenters. The van der Waals surface area contributed by atoms with Gasteiger partial charge in [0, 0.05) is 25.7 Å². The molecule has 94 valence electrons. The second-order valence-corrected chi connectivity index (χ2v) is 4.17. The van der Waals surface area contributed by atoms with E-state index in [4.69, 9.17) is 10.5 Å². The van der Waals surface area contributed by atoms with Gasteiger partial charge < -0.3 is 20.7 Å². The van der Waals surface area contributed by atoms with E-state index in [1.807, 2.05) is 7.05 Å². The van der Waals surface area contributed by atoms with Gasteiger partial charge in [-0.2, -0.15) is 5.10 Å². The molecule has 1 aromatic rings. The molecule has 0 radical (unpaired) electrons. The van der Waals surface area contributed by atoms with Crippen LogP contribution in [0.25, 0.3) is 0 Å². The molecule has 0 bridgehead atoms. The standard InChI is InChI=1S/C10H17N5O2/c1-15-2-3-17-7(6-15)5-12-10(16)8-4-9(11)14-13-8/h4,7H,2-3,5-6H2,1H3,(H,12,16)(H3,11,13,14). The van der Waals surface area contributed by atoms with Gasteiger partial charge in [0.1, 0.15) is 11.5 Å². The molecule has 1 amide bonds. The smallest absolute Gasteiger partial charge is 0.269 e. The van der Waals surface area contributed by atoms with Crippen LogP contribution in [0.5, 0.6) is 0 Å². The Morgan fingerprint density at radius 3 is 3.29 bits per heavy atom. The zero-order valence-electron chi connectivity index (χ0n) is 9.77. The highest BCUT2D eigenvalue weighted by atomic mass is 16.5. The molecule has 17 heavy (non-hydrogen) atoms. The molecule has 1 aliphatic heterocycles. The van der Waals surface area contributed by atoms with Gasteiger partial charge in [0.15, 0.2) is 0 Å². The Bertz CT molecular complexity index is 392. The van der Waals surface area contributed by atoms with Crippen molar-refractivity contribution in [3.63, 3.8) is 0 Å². The lowest BCUT2D eigenvalue weighted by Gasteiger charge is -2.29. The van der Waals surface area contributed by atoms with E-state index in [-0.39, 0.29) is 12.0 Å². The van der Waals surface area contributed by atoms with Gasteiger partial charge in [0.2, 0.25) is 0 Å². The van der Waals surface area contributed by atoms with Gasteiger partial charge in [0.05, 0.1) is 12.7 Å². The molecule has 7 nitrogen and oxygen atoms in total. The number of nitrogen functional groups attached to an aromatic ring is 1. The van der Waals surface area contributed by atoms with Crippen molar-refractivity contribution < 1.29 is 9.53 Å². The molecule has 1 aromatic heterocycles. The Morgan fingerprint density at radius 1 is 1.82 bits per heavy atom. The summed E-state index contributed by atoms with van der Waals surface area (Å²) in [4.78, 5) is 13.9. The van der Waals surface area contributed by atoms with E-state index < -0.39 is 0 Å². The quantitative estimate of drug-likeness (QED) is 0.632. The molecule has 1 aliphatic rings. The number of carbonyl (C=O) groups is 1. The minimum absolute atomic E-state index is 0.0398. The highest BCUT2D eigenvalue weighted by Crippen LogP contribution is 2.03. The fraction of sp³-hybridized carbons (Fsp3) is 0.600. The number of likely N-dealkylation sites (N-methyl/N-ethyl adjacent to an activating group) is 1. The third kappa shape index (κ3) is 3.18. The number of nitrogens with zero attached hydrogens (tertiary/aromatic N) is 2. The van der Waals surface area contributed by atoms with E-state index in [9.17, 15) is 4.79 Å². The molecule has 1 fully saturated rings. The van der Waals surface area contributed by atoms with Crippen LogP contribution in [-0.2, 0) is 4.74 Å². The third-order valence-electron chi connectivity index (χ3n) is 2.67. The number of ether oxygens (including phenoxy) is 1. The number of H-pyrrole nitrogens is 1. The van der Waals surface area contributed by atoms with E-state index in [0.717, 1.165) is 13.1 Å². The Morgan fingerprint density at radius 2 is 2.65 bits per heavy atom. The van der Waals surface area contributed by atoms with Crippen molar-refractivity contribution in [3.8, 4) is 0 Å². The first-order valence-corrected chi connectivity index (χ1v) is 5.54. The number of hydrogen-bond acceptors (Lipinski definition) is 5. The molecule has 0 spiro atoms. The van der Waals surface area contributed by atoms with Crippen LogP contribution in [0.3, 0.4) is 0 Å². The number of carbonyl (C=O) groups excluding carboxylic acids is 1. The van der Waals surface area contributed by atoms with E-state index in [2.05, 4.69) is 20.4 Å². The maximum Gasteiger partial charge on any atom is 0.269 e. The lowest BCUT2D eigenvalue weighted by Crippen LogP contribution is -2.45. The molecule has 0 aromatic carbocycles. The van der Waals surface area contributed by atoms with Gasteiger partial charge in [-0.1, -0.05) is 0 Å². The van der Waals surface area contributed by atoms with Crippen molar-refractivity contribution in [3.05, 3.63) is 11.8 Å². The van der Waals surface area contributed by atoms with Crippen LogP contribution in [0, 0.1) is 0 Å². The molecule has 1 saturated heterocycles. The van der Waals surface area contributed by atoms with Gasteiger partial charge in [-0.3, -0.25) is 9.89 Å².